The van der Waals surface area contributed by atoms with Crippen LogP contribution in [0.25, 0.3) is 0 Å². The molecular formula is C27H43N3O. The molecule has 0 aromatic heterocycles. The van der Waals surface area contributed by atoms with Gasteiger partial charge in [0.2, 0.25) is 0 Å². The molecule has 1 aromatic carbocycles. The van der Waals surface area contributed by atoms with Gasteiger partial charge in [0.1, 0.15) is 0 Å². The maximum atomic E-state index is 11.2. The third-order valence-corrected chi connectivity index (χ3v) is 9.35. The van der Waals surface area contributed by atoms with Crippen molar-refractivity contribution in [2.45, 2.75) is 84.0 Å². The first-order chi connectivity index (χ1) is 14.7. The molecule has 4 aliphatic carbocycles. The van der Waals surface area contributed by atoms with Crippen LogP contribution in [0.4, 0.5) is 0 Å². The fraction of sp³-hybridized carbons (Fsp3) is 0.778. The van der Waals surface area contributed by atoms with E-state index >= 15 is 0 Å². The average Bonchev–Trinajstić information content (AvgIpc) is 2.69. The SMILES string of the molecule is Cc1cc(CNC(C)C23CC4CC(CC(O)(C4)C2)C3)c(C)c(CN2CCN(C)CC2)c1. The molecule has 4 bridgehead atoms. The van der Waals surface area contributed by atoms with Crippen molar-refractivity contribution in [1.29, 1.82) is 0 Å². The molecule has 6 rings (SSSR count). The van der Waals surface area contributed by atoms with Crippen molar-refractivity contribution in [2.24, 2.45) is 17.3 Å². The lowest BCUT2D eigenvalue weighted by molar-refractivity contribution is -0.172. The van der Waals surface area contributed by atoms with Crippen molar-refractivity contribution in [3.8, 4) is 0 Å². The Balaban J connectivity index is 1.27. The summed E-state index contributed by atoms with van der Waals surface area (Å²) in [5, 5.41) is 15.1. The first-order valence-electron chi connectivity index (χ1n) is 12.7. The van der Waals surface area contributed by atoms with E-state index in [0.717, 1.165) is 44.2 Å². The second kappa shape index (κ2) is 8.13. The highest BCUT2D eigenvalue weighted by Gasteiger charge is 2.58. The zero-order valence-corrected chi connectivity index (χ0v) is 20.2. The van der Waals surface area contributed by atoms with Crippen LogP contribution in [0, 0.1) is 31.1 Å². The number of benzene rings is 1. The molecule has 0 amide bonds. The number of hydrogen-bond acceptors (Lipinski definition) is 4. The summed E-state index contributed by atoms with van der Waals surface area (Å²) in [6.07, 6.45) is 7.14. The van der Waals surface area contributed by atoms with E-state index in [2.05, 4.69) is 55.1 Å². The molecule has 5 aliphatic rings. The summed E-state index contributed by atoms with van der Waals surface area (Å²) in [5.74, 6) is 1.51. The summed E-state index contributed by atoms with van der Waals surface area (Å²) in [6, 6.07) is 5.25. The predicted molar refractivity (Wildman–Crippen MR) is 127 cm³/mol. The van der Waals surface area contributed by atoms with E-state index in [0.29, 0.717) is 11.5 Å². The van der Waals surface area contributed by atoms with Gasteiger partial charge < -0.3 is 15.3 Å². The highest BCUT2D eigenvalue weighted by atomic mass is 16.3. The lowest BCUT2D eigenvalue weighted by Crippen LogP contribution is -2.61. The number of aryl methyl sites for hydroxylation is 1. The molecule has 2 N–H and O–H groups in total. The van der Waals surface area contributed by atoms with E-state index in [1.807, 2.05) is 0 Å². The van der Waals surface area contributed by atoms with Crippen molar-refractivity contribution in [3.63, 3.8) is 0 Å². The van der Waals surface area contributed by atoms with E-state index in [4.69, 9.17) is 0 Å². The van der Waals surface area contributed by atoms with Crippen LogP contribution >= 0.6 is 0 Å². The molecule has 1 saturated heterocycles. The number of rotatable bonds is 6. The Morgan fingerprint density at radius 2 is 1.68 bits per heavy atom. The molecule has 31 heavy (non-hydrogen) atoms. The summed E-state index contributed by atoms with van der Waals surface area (Å²) >= 11 is 0. The van der Waals surface area contributed by atoms with Crippen LogP contribution in [0.1, 0.15) is 67.7 Å². The third-order valence-electron chi connectivity index (χ3n) is 9.35. The zero-order valence-electron chi connectivity index (χ0n) is 20.2. The van der Waals surface area contributed by atoms with Crippen molar-refractivity contribution >= 4 is 0 Å². The van der Waals surface area contributed by atoms with Gasteiger partial charge in [-0.3, -0.25) is 4.90 Å². The molecule has 4 nitrogen and oxygen atoms in total. The first-order valence-corrected chi connectivity index (χ1v) is 12.7. The van der Waals surface area contributed by atoms with Crippen LogP contribution < -0.4 is 5.32 Å². The van der Waals surface area contributed by atoms with Crippen molar-refractivity contribution in [1.82, 2.24) is 15.1 Å². The molecule has 172 valence electrons. The number of aliphatic hydroxyl groups is 1. The van der Waals surface area contributed by atoms with E-state index < -0.39 is 0 Å². The van der Waals surface area contributed by atoms with Crippen molar-refractivity contribution in [3.05, 3.63) is 34.4 Å². The largest absolute Gasteiger partial charge is 0.390 e. The molecule has 5 fully saturated rings. The summed E-state index contributed by atoms with van der Waals surface area (Å²) in [7, 11) is 2.22. The molecule has 3 unspecified atom stereocenters. The average molecular weight is 426 g/mol. The fourth-order valence-corrected chi connectivity index (χ4v) is 7.88. The number of nitrogens with zero attached hydrogens (tertiary/aromatic N) is 2. The molecule has 1 heterocycles. The van der Waals surface area contributed by atoms with Gasteiger partial charge >= 0.3 is 0 Å². The second-order valence-electron chi connectivity index (χ2n) is 11.9. The highest BCUT2D eigenvalue weighted by Crippen LogP contribution is 2.62. The first kappa shape index (κ1) is 21.9. The summed E-state index contributed by atoms with van der Waals surface area (Å²) < 4.78 is 0. The van der Waals surface area contributed by atoms with Crippen LogP contribution in [0.15, 0.2) is 12.1 Å². The Labute approximate surface area is 189 Å². The van der Waals surface area contributed by atoms with Crippen LogP contribution in [-0.4, -0.2) is 59.8 Å². The van der Waals surface area contributed by atoms with Crippen molar-refractivity contribution < 1.29 is 5.11 Å². The Hall–Kier alpha value is -0.940. The van der Waals surface area contributed by atoms with Gasteiger partial charge in [0, 0.05) is 45.3 Å². The monoisotopic (exact) mass is 425 g/mol. The number of piperazine rings is 1. The van der Waals surface area contributed by atoms with Gasteiger partial charge in [0.15, 0.2) is 0 Å². The van der Waals surface area contributed by atoms with Gasteiger partial charge in [-0.25, -0.2) is 0 Å². The lowest BCUT2D eigenvalue weighted by Gasteiger charge is -2.62. The van der Waals surface area contributed by atoms with Gasteiger partial charge in [0.05, 0.1) is 5.60 Å². The second-order valence-corrected chi connectivity index (χ2v) is 11.9. The topological polar surface area (TPSA) is 38.7 Å². The van der Waals surface area contributed by atoms with Crippen LogP contribution in [-0.2, 0) is 13.1 Å². The maximum Gasteiger partial charge on any atom is 0.0659 e. The molecule has 4 heteroatoms. The van der Waals surface area contributed by atoms with E-state index in [1.165, 1.54) is 67.7 Å². The maximum absolute atomic E-state index is 11.2. The minimum absolute atomic E-state index is 0.305. The quantitative estimate of drug-likeness (QED) is 0.726. The van der Waals surface area contributed by atoms with Gasteiger partial charge in [-0.2, -0.15) is 0 Å². The van der Waals surface area contributed by atoms with E-state index in [1.54, 1.807) is 0 Å². The molecule has 1 aliphatic heterocycles. The van der Waals surface area contributed by atoms with Gasteiger partial charge in [-0.15, -0.1) is 0 Å². The van der Waals surface area contributed by atoms with Crippen LogP contribution in [0.2, 0.25) is 0 Å². The summed E-state index contributed by atoms with van der Waals surface area (Å²) in [6.45, 7) is 13.7. The Bertz CT molecular complexity index is 799. The van der Waals surface area contributed by atoms with Crippen LogP contribution in [0.5, 0.6) is 0 Å². The highest BCUT2D eigenvalue weighted by molar-refractivity contribution is 5.38. The number of likely N-dealkylation sites (N-methyl/N-ethyl adjacent to an activating group) is 1. The third kappa shape index (κ3) is 4.34. The summed E-state index contributed by atoms with van der Waals surface area (Å²) in [5.41, 5.74) is 5.74. The molecule has 0 radical (unpaired) electrons. The minimum atomic E-state index is -0.366. The standard InChI is InChI=1S/C27H43N3O/c1-19-9-24(20(2)25(10-19)17-30-7-5-29(4)6-8-30)16-28-21(3)26-12-22-11-23(13-26)15-27(31,14-22)18-26/h9-10,21-23,28,31H,5-8,11-18H2,1-4H3. The zero-order chi connectivity index (χ0) is 21.8. The van der Waals surface area contributed by atoms with Gasteiger partial charge in [-0.1, -0.05) is 17.7 Å². The van der Waals surface area contributed by atoms with Gasteiger partial charge in [-0.05, 0) is 100 Å². The lowest BCUT2D eigenvalue weighted by atomic mass is 9.46. The minimum Gasteiger partial charge on any atom is -0.390 e. The Kier molecular flexibility index (Phi) is 5.74. The normalized spacial score (nSPS) is 36.8. The van der Waals surface area contributed by atoms with E-state index in [-0.39, 0.29) is 5.60 Å². The number of nitrogens with one attached hydrogen (secondary N) is 1. The van der Waals surface area contributed by atoms with Gasteiger partial charge in [0.25, 0.3) is 0 Å². The molecule has 1 aromatic rings. The van der Waals surface area contributed by atoms with E-state index in [9.17, 15) is 5.11 Å². The number of hydrogen-bond donors (Lipinski definition) is 2. The Morgan fingerprint density at radius 3 is 2.32 bits per heavy atom. The predicted octanol–water partition coefficient (Wildman–Crippen LogP) is 3.86. The van der Waals surface area contributed by atoms with Crippen molar-refractivity contribution in [2.75, 3.05) is 33.2 Å². The molecular weight excluding hydrogens is 382 g/mol. The molecule has 3 atom stereocenters. The molecule has 4 saturated carbocycles. The Morgan fingerprint density at radius 1 is 1.03 bits per heavy atom. The smallest absolute Gasteiger partial charge is 0.0659 e. The van der Waals surface area contributed by atoms with Crippen LogP contribution in [0.3, 0.4) is 0 Å². The summed E-state index contributed by atoms with van der Waals surface area (Å²) in [4.78, 5) is 5.04. The fourth-order valence-electron chi connectivity index (χ4n) is 7.88. The molecule has 0 spiro atoms.